The first-order valence-electron chi connectivity index (χ1n) is 6.75. The largest absolute Gasteiger partial charge is 0.392 e. The Kier molecular flexibility index (Phi) is 4.68. The summed E-state index contributed by atoms with van der Waals surface area (Å²) in [7, 11) is 0. The molecule has 2 aromatic heterocycles. The third-order valence-corrected chi connectivity index (χ3v) is 4.35. The van der Waals surface area contributed by atoms with E-state index in [1.165, 1.54) is 0 Å². The Morgan fingerprint density at radius 1 is 1.23 bits per heavy atom. The molecular weight excluding hydrogens is 318 g/mol. The number of anilines is 1. The number of hydrogen-bond acceptors (Lipinski definition) is 5. The van der Waals surface area contributed by atoms with Crippen molar-refractivity contribution in [1.29, 1.82) is 0 Å². The average Bonchev–Trinajstić information content (AvgIpc) is 3.04. The number of benzene rings is 1. The Labute approximate surface area is 137 Å². The van der Waals surface area contributed by atoms with Gasteiger partial charge in [0.25, 0.3) is 0 Å². The minimum atomic E-state index is -0.00756. The molecule has 0 aliphatic heterocycles. The molecule has 1 aromatic carbocycles. The van der Waals surface area contributed by atoms with Crippen LogP contribution in [0.5, 0.6) is 0 Å². The lowest BCUT2D eigenvalue weighted by Crippen LogP contribution is -2.01. The van der Waals surface area contributed by atoms with Crippen molar-refractivity contribution in [2.75, 3.05) is 5.32 Å². The minimum absolute atomic E-state index is 0.00756. The number of aliphatic hydroxyl groups is 1. The fraction of sp³-hybridized carbons (Fsp3) is 0.125. The van der Waals surface area contributed by atoms with Gasteiger partial charge in [0.2, 0.25) is 0 Å². The van der Waals surface area contributed by atoms with Gasteiger partial charge < -0.3 is 10.4 Å². The first-order valence-corrected chi connectivity index (χ1v) is 8.01. The lowest BCUT2D eigenvalue weighted by atomic mass is 10.2. The molecule has 0 radical (unpaired) electrons. The zero-order valence-electron chi connectivity index (χ0n) is 11.7. The molecule has 0 bridgehead atoms. The summed E-state index contributed by atoms with van der Waals surface area (Å²) in [5.41, 5.74) is 3.41. The molecule has 22 heavy (non-hydrogen) atoms. The van der Waals surface area contributed by atoms with Gasteiger partial charge in [0.05, 0.1) is 35.2 Å². The van der Waals surface area contributed by atoms with Gasteiger partial charge in [-0.3, -0.25) is 4.98 Å². The van der Waals surface area contributed by atoms with Gasteiger partial charge in [-0.15, -0.1) is 11.3 Å². The Bertz CT molecular complexity index is 761. The Hall–Kier alpha value is -1.95. The fourth-order valence-electron chi connectivity index (χ4n) is 1.99. The maximum Gasteiger partial charge on any atom is 0.142 e. The molecule has 2 N–H and O–H groups in total. The lowest BCUT2D eigenvalue weighted by molar-refractivity contribution is 0.282. The van der Waals surface area contributed by atoms with Crippen molar-refractivity contribution in [1.82, 2.24) is 9.97 Å². The van der Waals surface area contributed by atoms with Crippen molar-refractivity contribution in [2.24, 2.45) is 0 Å². The van der Waals surface area contributed by atoms with Crippen molar-refractivity contribution >= 4 is 28.6 Å². The summed E-state index contributed by atoms with van der Waals surface area (Å²) in [6.07, 6.45) is 1.76. The van der Waals surface area contributed by atoms with Crippen LogP contribution >= 0.6 is 22.9 Å². The highest BCUT2D eigenvalue weighted by atomic mass is 35.5. The molecule has 0 saturated heterocycles. The summed E-state index contributed by atoms with van der Waals surface area (Å²) < 4.78 is 0. The molecule has 0 aliphatic carbocycles. The number of aromatic nitrogens is 2. The van der Waals surface area contributed by atoms with E-state index in [4.69, 9.17) is 11.6 Å². The van der Waals surface area contributed by atoms with Crippen molar-refractivity contribution in [3.05, 3.63) is 64.3 Å². The SMILES string of the molecule is OCc1ccc(Cl)c(NCc2csc(-c3ccccn3)n2)c1. The van der Waals surface area contributed by atoms with E-state index in [2.05, 4.69) is 15.3 Å². The van der Waals surface area contributed by atoms with Gasteiger partial charge in [-0.25, -0.2) is 4.98 Å². The molecule has 0 amide bonds. The maximum absolute atomic E-state index is 9.18. The van der Waals surface area contributed by atoms with Crippen LogP contribution < -0.4 is 5.32 Å². The molecule has 0 atom stereocenters. The monoisotopic (exact) mass is 331 g/mol. The van der Waals surface area contributed by atoms with Gasteiger partial charge in [-0.1, -0.05) is 23.7 Å². The molecule has 112 valence electrons. The van der Waals surface area contributed by atoms with Crippen LogP contribution in [0.25, 0.3) is 10.7 Å². The Balaban J connectivity index is 1.71. The summed E-state index contributed by atoms with van der Waals surface area (Å²) in [6.45, 7) is 0.560. The van der Waals surface area contributed by atoms with E-state index in [9.17, 15) is 5.11 Å². The number of aliphatic hydroxyl groups excluding tert-OH is 1. The van der Waals surface area contributed by atoms with E-state index in [0.29, 0.717) is 11.6 Å². The van der Waals surface area contributed by atoms with E-state index in [-0.39, 0.29) is 6.61 Å². The number of thiazole rings is 1. The smallest absolute Gasteiger partial charge is 0.142 e. The molecule has 3 rings (SSSR count). The molecule has 3 aromatic rings. The molecule has 0 spiro atoms. The quantitative estimate of drug-likeness (QED) is 0.743. The highest BCUT2D eigenvalue weighted by molar-refractivity contribution is 7.13. The molecular formula is C16H14ClN3OS. The normalized spacial score (nSPS) is 10.6. The summed E-state index contributed by atoms with van der Waals surface area (Å²) in [5, 5.41) is 15.9. The molecule has 0 saturated carbocycles. The fourth-order valence-corrected chi connectivity index (χ4v) is 2.97. The topological polar surface area (TPSA) is 58.0 Å². The van der Waals surface area contributed by atoms with Crippen LogP contribution in [0.4, 0.5) is 5.69 Å². The van der Waals surface area contributed by atoms with Crippen LogP contribution in [0.3, 0.4) is 0 Å². The molecule has 4 nitrogen and oxygen atoms in total. The summed E-state index contributed by atoms with van der Waals surface area (Å²) >= 11 is 7.71. The number of hydrogen-bond donors (Lipinski definition) is 2. The zero-order chi connectivity index (χ0) is 15.4. The predicted octanol–water partition coefficient (Wildman–Crippen LogP) is 3.96. The summed E-state index contributed by atoms with van der Waals surface area (Å²) in [5.74, 6) is 0. The number of rotatable bonds is 5. The second-order valence-corrected chi connectivity index (χ2v) is 5.95. The number of pyridine rings is 1. The van der Waals surface area contributed by atoms with E-state index >= 15 is 0 Å². The maximum atomic E-state index is 9.18. The molecule has 0 unspecified atom stereocenters. The van der Waals surface area contributed by atoms with Gasteiger partial charge >= 0.3 is 0 Å². The van der Waals surface area contributed by atoms with E-state index < -0.39 is 0 Å². The Morgan fingerprint density at radius 2 is 2.14 bits per heavy atom. The Morgan fingerprint density at radius 3 is 2.91 bits per heavy atom. The van der Waals surface area contributed by atoms with Gasteiger partial charge in [0, 0.05) is 11.6 Å². The van der Waals surface area contributed by atoms with Crippen molar-refractivity contribution < 1.29 is 5.11 Å². The molecule has 0 aliphatic rings. The van der Waals surface area contributed by atoms with E-state index in [1.54, 1.807) is 29.7 Å². The highest BCUT2D eigenvalue weighted by Crippen LogP contribution is 2.25. The number of nitrogens with zero attached hydrogens (tertiary/aromatic N) is 2. The third-order valence-electron chi connectivity index (χ3n) is 3.11. The van der Waals surface area contributed by atoms with Crippen LogP contribution in [0.15, 0.2) is 48.0 Å². The third kappa shape index (κ3) is 3.44. The highest BCUT2D eigenvalue weighted by Gasteiger charge is 2.07. The van der Waals surface area contributed by atoms with E-state index in [1.807, 2.05) is 29.6 Å². The number of halogens is 1. The van der Waals surface area contributed by atoms with Crippen molar-refractivity contribution in [2.45, 2.75) is 13.2 Å². The number of nitrogens with one attached hydrogen (secondary N) is 1. The average molecular weight is 332 g/mol. The van der Waals surface area contributed by atoms with Crippen LogP contribution in [0.1, 0.15) is 11.3 Å². The second-order valence-electron chi connectivity index (χ2n) is 4.68. The van der Waals surface area contributed by atoms with Gasteiger partial charge in [-0.2, -0.15) is 0 Å². The van der Waals surface area contributed by atoms with Crippen LogP contribution in [0, 0.1) is 0 Å². The summed E-state index contributed by atoms with van der Waals surface area (Å²) in [6, 6.07) is 11.2. The lowest BCUT2D eigenvalue weighted by Gasteiger charge is -2.08. The first kappa shape index (κ1) is 15.0. The van der Waals surface area contributed by atoms with Crippen molar-refractivity contribution in [3.63, 3.8) is 0 Å². The molecule has 2 heterocycles. The van der Waals surface area contributed by atoms with Gasteiger partial charge in [0.1, 0.15) is 5.01 Å². The minimum Gasteiger partial charge on any atom is -0.392 e. The summed E-state index contributed by atoms with van der Waals surface area (Å²) in [4.78, 5) is 8.86. The first-order chi connectivity index (χ1) is 10.8. The molecule has 0 fully saturated rings. The van der Waals surface area contributed by atoms with Crippen LogP contribution in [0.2, 0.25) is 5.02 Å². The molecule has 6 heteroatoms. The van der Waals surface area contributed by atoms with Crippen LogP contribution in [-0.4, -0.2) is 15.1 Å². The standard InChI is InChI=1S/C16H14ClN3OS/c17-13-5-4-11(9-21)7-15(13)19-8-12-10-22-16(20-12)14-3-1-2-6-18-14/h1-7,10,19,21H,8-9H2. The van der Waals surface area contributed by atoms with Gasteiger partial charge in [-0.05, 0) is 29.8 Å². The van der Waals surface area contributed by atoms with Crippen molar-refractivity contribution in [3.8, 4) is 10.7 Å². The van der Waals surface area contributed by atoms with Gasteiger partial charge in [0.15, 0.2) is 0 Å². The van der Waals surface area contributed by atoms with Crippen LogP contribution in [-0.2, 0) is 13.2 Å². The predicted molar refractivity (Wildman–Crippen MR) is 90.0 cm³/mol. The second kappa shape index (κ2) is 6.87. The zero-order valence-corrected chi connectivity index (χ0v) is 13.2. The van der Waals surface area contributed by atoms with E-state index in [0.717, 1.165) is 27.6 Å².